The van der Waals surface area contributed by atoms with Crippen LogP contribution in [0.3, 0.4) is 0 Å². The third-order valence-corrected chi connectivity index (χ3v) is 8.60. The summed E-state index contributed by atoms with van der Waals surface area (Å²) in [7, 11) is 0. The van der Waals surface area contributed by atoms with E-state index >= 15 is 0 Å². The van der Waals surface area contributed by atoms with Gasteiger partial charge in [0, 0.05) is 19.3 Å². The summed E-state index contributed by atoms with van der Waals surface area (Å²) >= 11 is 0. The van der Waals surface area contributed by atoms with Crippen molar-refractivity contribution in [1.82, 2.24) is 0 Å². The van der Waals surface area contributed by atoms with Crippen LogP contribution in [0.2, 0.25) is 0 Å². The van der Waals surface area contributed by atoms with Gasteiger partial charge in [-0.25, -0.2) is 0 Å². The van der Waals surface area contributed by atoms with Crippen LogP contribution in [0.1, 0.15) is 149 Å². The molecule has 1 unspecified atom stereocenters. The quantitative estimate of drug-likeness (QED) is 0.0269. The van der Waals surface area contributed by atoms with Crippen LogP contribution in [0.4, 0.5) is 0 Å². The lowest BCUT2D eigenvalue weighted by molar-refractivity contribution is -0.167. The van der Waals surface area contributed by atoms with Crippen molar-refractivity contribution in [2.75, 3.05) is 13.2 Å². The molecule has 0 rings (SSSR count). The maximum atomic E-state index is 12.7. The van der Waals surface area contributed by atoms with Crippen LogP contribution < -0.4 is 0 Å². The van der Waals surface area contributed by atoms with Gasteiger partial charge in [-0.15, -0.1) is 0 Å². The fraction of sp³-hybridized carbons (Fsp3) is 0.491. The lowest BCUT2D eigenvalue weighted by atomic mass is 10.1. The summed E-state index contributed by atoms with van der Waals surface area (Å²) in [6.07, 6.45) is 65.4. The monoisotopic (exact) mass is 811 g/mol. The van der Waals surface area contributed by atoms with Gasteiger partial charge in [0.1, 0.15) is 13.2 Å². The summed E-state index contributed by atoms with van der Waals surface area (Å²) < 4.78 is 16.6. The van der Waals surface area contributed by atoms with Crippen molar-refractivity contribution in [1.29, 1.82) is 0 Å². The smallest absolute Gasteiger partial charge is 0.306 e. The number of esters is 3. The van der Waals surface area contributed by atoms with E-state index in [-0.39, 0.29) is 37.5 Å². The van der Waals surface area contributed by atoms with E-state index in [9.17, 15) is 14.4 Å². The highest BCUT2D eigenvalue weighted by Gasteiger charge is 2.19. The van der Waals surface area contributed by atoms with Crippen molar-refractivity contribution < 1.29 is 28.6 Å². The summed E-state index contributed by atoms with van der Waals surface area (Å²) in [5.74, 6) is -1.05. The average Bonchev–Trinajstić information content (AvgIpc) is 3.23. The third-order valence-electron chi connectivity index (χ3n) is 8.60. The second-order valence-corrected chi connectivity index (χ2v) is 14.1. The Morgan fingerprint density at radius 2 is 0.610 bits per heavy atom. The number of unbranched alkanes of at least 4 members (excludes halogenated alkanes) is 11. The molecule has 0 amide bonds. The number of allylic oxidation sites excluding steroid dienone is 24. The zero-order valence-electron chi connectivity index (χ0n) is 36.9. The van der Waals surface area contributed by atoms with E-state index in [1.54, 1.807) is 0 Å². The SMILES string of the molecule is CC\C=C/C=C\C=C/C=C\CCCCCCCC(=O)OCC(COC(=O)CCCCC\C=C/C=C\C=C/C=C\CC)OC(=O)CCCCC\C=C/C=C\C=C/C=C\CC. The first kappa shape index (κ1) is 54.3. The highest BCUT2D eigenvalue weighted by Crippen LogP contribution is 2.11. The fourth-order valence-corrected chi connectivity index (χ4v) is 5.29. The van der Waals surface area contributed by atoms with E-state index in [4.69, 9.17) is 14.2 Å². The zero-order valence-corrected chi connectivity index (χ0v) is 36.9. The van der Waals surface area contributed by atoms with Crippen LogP contribution in [0.15, 0.2) is 146 Å². The summed E-state index contributed by atoms with van der Waals surface area (Å²) in [6.45, 7) is 6.08. The topological polar surface area (TPSA) is 78.9 Å². The number of rotatable bonds is 37. The van der Waals surface area contributed by atoms with E-state index in [2.05, 4.69) is 69.4 Å². The second-order valence-electron chi connectivity index (χ2n) is 14.1. The Bertz CT molecular complexity index is 1390. The lowest BCUT2D eigenvalue weighted by Crippen LogP contribution is -2.30. The van der Waals surface area contributed by atoms with Gasteiger partial charge < -0.3 is 14.2 Å². The van der Waals surface area contributed by atoms with E-state index < -0.39 is 6.10 Å². The minimum atomic E-state index is -0.829. The summed E-state index contributed by atoms with van der Waals surface area (Å²) in [6, 6.07) is 0. The molecular formula is C53H78O6. The summed E-state index contributed by atoms with van der Waals surface area (Å²) in [5.41, 5.74) is 0. The normalized spacial score (nSPS) is 13.5. The van der Waals surface area contributed by atoms with Crippen LogP contribution in [0.25, 0.3) is 0 Å². The van der Waals surface area contributed by atoms with E-state index in [1.807, 2.05) is 97.2 Å². The van der Waals surface area contributed by atoms with E-state index in [0.717, 1.165) is 103 Å². The number of carbonyl (C=O) groups excluding carboxylic acids is 3. The van der Waals surface area contributed by atoms with Crippen LogP contribution in [0.5, 0.6) is 0 Å². The van der Waals surface area contributed by atoms with Crippen molar-refractivity contribution in [3.05, 3.63) is 146 Å². The number of hydrogen-bond acceptors (Lipinski definition) is 6. The molecule has 0 saturated heterocycles. The molecule has 0 bridgehead atoms. The summed E-state index contributed by atoms with van der Waals surface area (Å²) in [4.78, 5) is 37.8. The maximum Gasteiger partial charge on any atom is 0.306 e. The molecule has 0 N–H and O–H groups in total. The van der Waals surface area contributed by atoms with Crippen LogP contribution >= 0.6 is 0 Å². The molecule has 0 aromatic rings. The number of ether oxygens (including phenoxy) is 3. The minimum absolute atomic E-state index is 0.127. The molecule has 0 aliphatic carbocycles. The maximum absolute atomic E-state index is 12.7. The Balaban J connectivity index is 4.60. The first-order valence-corrected chi connectivity index (χ1v) is 22.5. The largest absolute Gasteiger partial charge is 0.462 e. The predicted molar refractivity (Wildman–Crippen MR) is 251 cm³/mol. The van der Waals surface area contributed by atoms with Crippen LogP contribution in [-0.4, -0.2) is 37.2 Å². The van der Waals surface area contributed by atoms with Gasteiger partial charge in [0.05, 0.1) is 0 Å². The molecule has 0 fully saturated rings. The first-order chi connectivity index (χ1) is 29.0. The van der Waals surface area contributed by atoms with Gasteiger partial charge in [-0.1, -0.05) is 199 Å². The molecule has 0 saturated carbocycles. The highest BCUT2D eigenvalue weighted by atomic mass is 16.6. The highest BCUT2D eigenvalue weighted by molar-refractivity contribution is 5.71. The fourth-order valence-electron chi connectivity index (χ4n) is 5.29. The second kappa shape index (κ2) is 46.0. The van der Waals surface area contributed by atoms with Gasteiger partial charge in [-0.05, 0) is 77.0 Å². The third kappa shape index (κ3) is 44.2. The van der Waals surface area contributed by atoms with Gasteiger partial charge in [0.2, 0.25) is 0 Å². The Morgan fingerprint density at radius 1 is 0.339 bits per heavy atom. The summed E-state index contributed by atoms with van der Waals surface area (Å²) in [5, 5.41) is 0. The Labute approximate surface area is 359 Å². The molecule has 0 heterocycles. The standard InChI is InChI=1S/C53H78O6/c1-4-7-10-13-16-19-22-25-26-29-31-34-37-40-43-46-52(55)58-49-50(59-53(56)47-44-41-38-35-32-28-24-21-18-15-12-9-6-3)48-57-51(54)45-42-39-36-33-30-27-23-20-17-14-11-8-5-2/h7-28,30,32,50H,4-6,29,31,33-49H2,1-3H3/b10-7-,11-8-,12-9-,16-13-,17-14-,18-15-,22-19-,23-20-,24-21-,26-25-,30-27-,32-28-. The number of carbonyl (C=O) groups is 3. The van der Waals surface area contributed by atoms with Crippen LogP contribution in [0, 0.1) is 0 Å². The molecule has 6 nitrogen and oxygen atoms in total. The molecule has 0 aliphatic heterocycles. The van der Waals surface area contributed by atoms with Gasteiger partial charge in [0.15, 0.2) is 6.10 Å². The Hall–Kier alpha value is -4.71. The molecule has 0 aromatic heterocycles. The van der Waals surface area contributed by atoms with E-state index in [0.29, 0.717) is 19.3 Å². The first-order valence-electron chi connectivity index (χ1n) is 22.5. The molecule has 1 atom stereocenters. The van der Waals surface area contributed by atoms with Crippen molar-refractivity contribution in [3.8, 4) is 0 Å². The molecule has 6 heteroatoms. The predicted octanol–water partition coefficient (Wildman–Crippen LogP) is 14.5. The molecule has 0 spiro atoms. The van der Waals surface area contributed by atoms with E-state index in [1.165, 1.54) is 0 Å². The lowest BCUT2D eigenvalue weighted by Gasteiger charge is -2.18. The van der Waals surface area contributed by atoms with Gasteiger partial charge in [0.25, 0.3) is 0 Å². The molecular weight excluding hydrogens is 733 g/mol. The molecule has 0 aromatic carbocycles. The number of hydrogen-bond donors (Lipinski definition) is 0. The zero-order chi connectivity index (χ0) is 43.0. The average molecular weight is 811 g/mol. The molecule has 326 valence electrons. The van der Waals surface area contributed by atoms with Crippen LogP contribution in [-0.2, 0) is 28.6 Å². The molecule has 0 radical (unpaired) electrons. The van der Waals surface area contributed by atoms with Crippen molar-refractivity contribution in [2.45, 2.75) is 155 Å². The van der Waals surface area contributed by atoms with Gasteiger partial charge in [-0.2, -0.15) is 0 Å². The van der Waals surface area contributed by atoms with Gasteiger partial charge >= 0.3 is 17.9 Å². The molecule has 0 aliphatic rings. The van der Waals surface area contributed by atoms with Crippen molar-refractivity contribution >= 4 is 17.9 Å². The Kier molecular flexibility index (Phi) is 42.3. The molecule has 59 heavy (non-hydrogen) atoms. The Morgan fingerprint density at radius 3 is 0.966 bits per heavy atom. The minimum Gasteiger partial charge on any atom is -0.462 e. The van der Waals surface area contributed by atoms with Crippen molar-refractivity contribution in [3.63, 3.8) is 0 Å². The van der Waals surface area contributed by atoms with Gasteiger partial charge in [-0.3, -0.25) is 14.4 Å². The van der Waals surface area contributed by atoms with Crippen molar-refractivity contribution in [2.24, 2.45) is 0 Å².